The van der Waals surface area contributed by atoms with Crippen molar-refractivity contribution in [1.82, 2.24) is 19.5 Å². The van der Waals surface area contributed by atoms with Gasteiger partial charge in [-0.3, -0.25) is 0 Å². The zero-order chi connectivity index (χ0) is 26.0. The molecule has 4 rings (SSSR count). The zero-order valence-corrected chi connectivity index (χ0v) is 21.3. The second kappa shape index (κ2) is 10.0. The maximum atomic E-state index is 12.3. The third-order valence-corrected chi connectivity index (χ3v) is 6.02. The Labute approximate surface area is 210 Å². The van der Waals surface area contributed by atoms with Gasteiger partial charge in [-0.05, 0) is 52.8 Å². The first-order valence-electron chi connectivity index (χ1n) is 12.0. The van der Waals surface area contributed by atoms with Crippen LogP contribution in [-0.4, -0.2) is 74.7 Å². The molecule has 0 unspecified atom stereocenters. The zero-order valence-electron chi connectivity index (χ0n) is 21.3. The molecule has 1 aliphatic heterocycles. The van der Waals surface area contributed by atoms with Gasteiger partial charge in [0.15, 0.2) is 0 Å². The van der Waals surface area contributed by atoms with E-state index in [1.165, 1.54) is 6.20 Å². The van der Waals surface area contributed by atoms with E-state index in [1.54, 1.807) is 35.7 Å². The van der Waals surface area contributed by atoms with E-state index in [1.807, 2.05) is 39.0 Å². The van der Waals surface area contributed by atoms with Gasteiger partial charge in [0.25, 0.3) is 0 Å². The lowest BCUT2D eigenvalue weighted by Gasteiger charge is -2.36. The summed E-state index contributed by atoms with van der Waals surface area (Å²) in [5.41, 5.74) is 2.16. The summed E-state index contributed by atoms with van der Waals surface area (Å²) in [7, 11) is 0. The Morgan fingerprint density at radius 2 is 1.89 bits per heavy atom. The minimum absolute atomic E-state index is 0.296. The molecule has 1 N–H and O–H groups in total. The van der Waals surface area contributed by atoms with E-state index >= 15 is 0 Å². The molecule has 2 atom stereocenters. The van der Waals surface area contributed by atoms with Crippen LogP contribution >= 0.6 is 0 Å². The lowest BCUT2D eigenvalue weighted by atomic mass is 10.1. The fourth-order valence-electron chi connectivity index (χ4n) is 3.95. The van der Waals surface area contributed by atoms with Crippen LogP contribution in [0.4, 0.5) is 10.6 Å². The monoisotopic (exact) mass is 492 g/mol. The number of piperazine rings is 1. The average molecular weight is 493 g/mol. The van der Waals surface area contributed by atoms with Crippen molar-refractivity contribution in [2.45, 2.75) is 52.4 Å². The number of pyridine rings is 2. The maximum Gasteiger partial charge on any atom is 0.410 e. The Balaban J connectivity index is 1.55. The Kier molecular flexibility index (Phi) is 7.04. The van der Waals surface area contributed by atoms with Crippen molar-refractivity contribution in [3.05, 3.63) is 42.4 Å². The van der Waals surface area contributed by atoms with Gasteiger partial charge < -0.3 is 24.4 Å². The number of nitrogens with zero attached hydrogens (tertiary/aromatic N) is 6. The molecule has 4 heterocycles. The molecule has 1 fully saturated rings. The molecule has 3 aromatic rings. The van der Waals surface area contributed by atoms with Crippen LogP contribution in [0.2, 0.25) is 0 Å². The third-order valence-electron chi connectivity index (χ3n) is 6.02. The van der Waals surface area contributed by atoms with E-state index in [-0.39, 0.29) is 6.09 Å². The fraction of sp³-hybridized carbons (Fsp3) is 0.462. The Morgan fingerprint density at radius 1 is 1.17 bits per heavy atom. The number of hydrogen-bond acceptors (Lipinski definition) is 8. The molecule has 0 spiro atoms. The van der Waals surface area contributed by atoms with Gasteiger partial charge in [0.1, 0.15) is 29.3 Å². The molecule has 0 bridgehead atoms. The molecule has 1 amide bonds. The molecule has 190 valence electrons. The molecular weight excluding hydrogens is 460 g/mol. The number of aromatic nitrogens is 3. The predicted octanol–water partition coefficient (Wildman–Crippen LogP) is 3.47. The molecule has 1 saturated heterocycles. The van der Waals surface area contributed by atoms with Gasteiger partial charge >= 0.3 is 6.09 Å². The SMILES string of the molecule is C[C@H](Oc1cc(-c2ccc(N3CCN(C(=O)OC(C)(C)C)CC3)nc2)c2c(C#N)cnn2c1)[C@@H](C)O. The summed E-state index contributed by atoms with van der Waals surface area (Å²) < 4.78 is 13.0. The van der Waals surface area contributed by atoms with E-state index < -0.39 is 17.8 Å². The summed E-state index contributed by atoms with van der Waals surface area (Å²) in [5.74, 6) is 1.34. The number of aliphatic hydroxyl groups is 1. The van der Waals surface area contributed by atoms with Crippen molar-refractivity contribution >= 4 is 17.4 Å². The van der Waals surface area contributed by atoms with E-state index in [9.17, 15) is 15.2 Å². The largest absolute Gasteiger partial charge is 0.486 e. The van der Waals surface area contributed by atoms with Crippen LogP contribution in [0.3, 0.4) is 0 Å². The van der Waals surface area contributed by atoms with Crippen LogP contribution < -0.4 is 9.64 Å². The first kappa shape index (κ1) is 25.3. The topological polar surface area (TPSA) is 116 Å². The first-order valence-corrected chi connectivity index (χ1v) is 12.0. The van der Waals surface area contributed by atoms with Crippen molar-refractivity contribution < 1.29 is 19.4 Å². The molecule has 0 saturated carbocycles. The number of fused-ring (bicyclic) bond motifs is 1. The normalized spacial score (nSPS) is 15.9. The lowest BCUT2D eigenvalue weighted by Crippen LogP contribution is -2.50. The Hall–Kier alpha value is -3.84. The molecule has 10 heteroatoms. The Bertz CT molecular complexity index is 1260. The maximum absolute atomic E-state index is 12.3. The number of ether oxygens (including phenoxy) is 2. The molecule has 1 aliphatic rings. The highest BCUT2D eigenvalue weighted by molar-refractivity contribution is 5.85. The molecule has 3 aromatic heterocycles. The number of amides is 1. The van der Waals surface area contributed by atoms with Crippen LogP contribution in [0.25, 0.3) is 16.6 Å². The van der Waals surface area contributed by atoms with Crippen molar-refractivity contribution in [2.75, 3.05) is 31.1 Å². The van der Waals surface area contributed by atoms with E-state index in [2.05, 4.69) is 21.1 Å². The number of nitriles is 1. The van der Waals surface area contributed by atoms with Gasteiger partial charge in [-0.1, -0.05) is 0 Å². The second-order valence-electron chi connectivity index (χ2n) is 9.98. The minimum atomic E-state index is -0.645. The van der Waals surface area contributed by atoms with E-state index in [0.717, 1.165) is 16.9 Å². The van der Waals surface area contributed by atoms with Crippen LogP contribution in [-0.2, 0) is 4.74 Å². The van der Waals surface area contributed by atoms with Gasteiger partial charge in [-0.25, -0.2) is 14.3 Å². The van der Waals surface area contributed by atoms with Gasteiger partial charge in [0, 0.05) is 43.5 Å². The Morgan fingerprint density at radius 3 is 2.47 bits per heavy atom. The first-order chi connectivity index (χ1) is 17.1. The highest BCUT2D eigenvalue weighted by Crippen LogP contribution is 2.32. The highest BCUT2D eigenvalue weighted by Gasteiger charge is 2.26. The van der Waals surface area contributed by atoms with E-state index in [4.69, 9.17) is 9.47 Å². The average Bonchev–Trinajstić information content (AvgIpc) is 3.26. The molecular formula is C26H32N6O4. The van der Waals surface area contributed by atoms with Gasteiger partial charge in [0.05, 0.1) is 29.6 Å². The van der Waals surface area contributed by atoms with E-state index in [0.29, 0.717) is 43.0 Å². The van der Waals surface area contributed by atoms with Gasteiger partial charge in [0.2, 0.25) is 0 Å². The minimum Gasteiger partial charge on any atom is -0.486 e. The third kappa shape index (κ3) is 5.52. The number of rotatable bonds is 5. The fourth-order valence-corrected chi connectivity index (χ4v) is 3.95. The van der Waals surface area contributed by atoms with Crippen molar-refractivity contribution in [3.8, 4) is 22.9 Å². The standard InChI is InChI=1S/C26H32N6O4/c1-17(33)18(2)35-21-12-22(24-20(13-27)15-29-32(24)16-21)19-6-7-23(28-14-19)30-8-10-31(11-9-30)25(34)36-26(3,4)5/h6-7,12,14-18,33H,8-11H2,1-5H3/t17-,18+/m1/s1. The van der Waals surface area contributed by atoms with Crippen LogP contribution in [0.5, 0.6) is 5.75 Å². The van der Waals surface area contributed by atoms with Crippen LogP contribution in [0.1, 0.15) is 40.2 Å². The number of carbonyl (C=O) groups is 1. The predicted molar refractivity (Wildman–Crippen MR) is 135 cm³/mol. The molecule has 10 nitrogen and oxygen atoms in total. The van der Waals surface area contributed by atoms with Crippen molar-refractivity contribution in [3.63, 3.8) is 0 Å². The number of aliphatic hydroxyl groups excluding tert-OH is 1. The number of carbonyl (C=O) groups excluding carboxylic acids is 1. The summed E-state index contributed by atoms with van der Waals surface area (Å²) in [5, 5.41) is 23.7. The quantitative estimate of drug-likeness (QED) is 0.576. The molecule has 0 radical (unpaired) electrons. The molecule has 0 aromatic carbocycles. The van der Waals surface area contributed by atoms with Crippen LogP contribution in [0, 0.1) is 11.3 Å². The van der Waals surface area contributed by atoms with Crippen LogP contribution in [0.15, 0.2) is 36.8 Å². The summed E-state index contributed by atoms with van der Waals surface area (Å²) in [6.07, 6.45) is 3.63. The number of hydrogen-bond donors (Lipinski definition) is 1. The second-order valence-corrected chi connectivity index (χ2v) is 9.98. The number of anilines is 1. The molecule has 36 heavy (non-hydrogen) atoms. The molecule has 0 aliphatic carbocycles. The van der Waals surface area contributed by atoms with Gasteiger partial charge in [-0.15, -0.1) is 0 Å². The summed E-state index contributed by atoms with van der Waals surface area (Å²) in [4.78, 5) is 20.9. The van der Waals surface area contributed by atoms with Gasteiger partial charge in [-0.2, -0.15) is 10.4 Å². The summed E-state index contributed by atoms with van der Waals surface area (Å²) in [6, 6.07) is 7.92. The van der Waals surface area contributed by atoms with Crippen molar-refractivity contribution in [2.24, 2.45) is 0 Å². The highest BCUT2D eigenvalue weighted by atomic mass is 16.6. The van der Waals surface area contributed by atoms with Crippen molar-refractivity contribution in [1.29, 1.82) is 5.26 Å². The lowest BCUT2D eigenvalue weighted by molar-refractivity contribution is 0.0240. The summed E-state index contributed by atoms with van der Waals surface area (Å²) in [6.45, 7) is 11.5. The smallest absolute Gasteiger partial charge is 0.410 e. The summed E-state index contributed by atoms with van der Waals surface area (Å²) >= 11 is 0.